The third-order valence-corrected chi connectivity index (χ3v) is 9.47. The molecule has 4 aromatic rings. The fourth-order valence-electron chi connectivity index (χ4n) is 4.85. The minimum Gasteiger partial charge on any atom is -0.352 e. The summed E-state index contributed by atoms with van der Waals surface area (Å²) in [6, 6.07) is 31.6. The second-order valence-corrected chi connectivity index (χ2v) is 13.1. The van der Waals surface area contributed by atoms with Crippen molar-refractivity contribution in [3.63, 3.8) is 0 Å². The molecule has 2 atom stereocenters. The first-order valence-corrected chi connectivity index (χ1v) is 16.4. The Hall–Kier alpha value is -4.43. The summed E-state index contributed by atoms with van der Waals surface area (Å²) in [5.74, 6) is -0.763. The monoisotopic (exact) mass is 611 g/mol. The Morgan fingerprint density at radius 3 is 1.82 bits per heavy atom. The van der Waals surface area contributed by atoms with Crippen LogP contribution in [0.15, 0.2) is 114 Å². The SMILES string of the molecule is CC[C@@H](C)NC(=O)[C@H](Cc1ccccc1)N(Cc1ccccc1)C(=O)CN(c1ccc(C)cc1)S(=O)(=O)c1ccc(C)cc1. The highest BCUT2D eigenvalue weighted by Gasteiger charge is 2.35. The van der Waals surface area contributed by atoms with Crippen molar-refractivity contribution >= 4 is 27.5 Å². The van der Waals surface area contributed by atoms with Gasteiger partial charge in [-0.1, -0.05) is 103 Å². The van der Waals surface area contributed by atoms with Gasteiger partial charge in [0.1, 0.15) is 12.6 Å². The molecule has 0 unspecified atom stereocenters. The van der Waals surface area contributed by atoms with E-state index in [9.17, 15) is 18.0 Å². The predicted molar refractivity (Wildman–Crippen MR) is 176 cm³/mol. The normalized spacial score (nSPS) is 12.6. The third kappa shape index (κ3) is 8.35. The minimum absolute atomic E-state index is 0.0847. The maximum absolute atomic E-state index is 14.5. The molecule has 0 bridgehead atoms. The second-order valence-electron chi connectivity index (χ2n) is 11.2. The van der Waals surface area contributed by atoms with Crippen LogP contribution in [0, 0.1) is 13.8 Å². The highest BCUT2D eigenvalue weighted by Crippen LogP contribution is 2.26. The molecular weight excluding hydrogens is 570 g/mol. The van der Waals surface area contributed by atoms with Gasteiger partial charge in [0.25, 0.3) is 10.0 Å². The first kappa shape index (κ1) is 32.5. The number of sulfonamides is 1. The smallest absolute Gasteiger partial charge is 0.264 e. The maximum Gasteiger partial charge on any atom is 0.264 e. The number of hydrogen-bond donors (Lipinski definition) is 1. The van der Waals surface area contributed by atoms with E-state index >= 15 is 0 Å². The molecule has 2 amide bonds. The minimum atomic E-state index is -4.13. The van der Waals surface area contributed by atoms with Crippen LogP contribution in [-0.4, -0.2) is 43.8 Å². The lowest BCUT2D eigenvalue weighted by Crippen LogP contribution is -2.54. The number of nitrogens with zero attached hydrogens (tertiary/aromatic N) is 2. The van der Waals surface area contributed by atoms with Crippen LogP contribution >= 0.6 is 0 Å². The van der Waals surface area contributed by atoms with Crippen LogP contribution in [0.3, 0.4) is 0 Å². The van der Waals surface area contributed by atoms with Crippen LogP contribution in [0.2, 0.25) is 0 Å². The van der Waals surface area contributed by atoms with E-state index in [4.69, 9.17) is 0 Å². The lowest BCUT2D eigenvalue weighted by Gasteiger charge is -2.34. The van der Waals surface area contributed by atoms with Crippen LogP contribution in [0.4, 0.5) is 5.69 Å². The summed E-state index contributed by atoms with van der Waals surface area (Å²) < 4.78 is 29.3. The van der Waals surface area contributed by atoms with Gasteiger partial charge in [0.05, 0.1) is 10.6 Å². The molecule has 0 aliphatic heterocycles. The topological polar surface area (TPSA) is 86.8 Å². The molecule has 0 spiro atoms. The molecule has 0 aliphatic carbocycles. The Bertz CT molecular complexity index is 1620. The zero-order valence-corrected chi connectivity index (χ0v) is 26.6. The first-order valence-electron chi connectivity index (χ1n) is 14.9. The van der Waals surface area contributed by atoms with Gasteiger partial charge in [0, 0.05) is 19.0 Å². The number of nitrogens with one attached hydrogen (secondary N) is 1. The van der Waals surface area contributed by atoms with Crippen molar-refractivity contribution in [3.05, 3.63) is 131 Å². The fraction of sp³-hybridized carbons (Fsp3) is 0.278. The maximum atomic E-state index is 14.5. The molecule has 44 heavy (non-hydrogen) atoms. The van der Waals surface area contributed by atoms with E-state index in [0.717, 1.165) is 33.0 Å². The number of carbonyl (C=O) groups is 2. The van der Waals surface area contributed by atoms with Crippen molar-refractivity contribution in [1.82, 2.24) is 10.2 Å². The van der Waals surface area contributed by atoms with Crippen LogP contribution in [0.1, 0.15) is 42.5 Å². The quantitative estimate of drug-likeness (QED) is 0.199. The van der Waals surface area contributed by atoms with Crippen LogP contribution in [-0.2, 0) is 32.6 Å². The van der Waals surface area contributed by atoms with Gasteiger partial charge in [-0.05, 0) is 62.6 Å². The number of hydrogen-bond acceptors (Lipinski definition) is 4. The summed E-state index contributed by atoms with van der Waals surface area (Å²) in [5.41, 5.74) is 3.98. The summed E-state index contributed by atoms with van der Waals surface area (Å²) in [5, 5.41) is 3.06. The number of rotatable bonds is 13. The van der Waals surface area contributed by atoms with E-state index in [2.05, 4.69) is 5.32 Å². The van der Waals surface area contributed by atoms with E-state index in [1.165, 1.54) is 4.90 Å². The lowest BCUT2D eigenvalue weighted by molar-refractivity contribution is -0.140. The van der Waals surface area contributed by atoms with E-state index in [1.54, 1.807) is 36.4 Å². The van der Waals surface area contributed by atoms with E-state index in [-0.39, 0.29) is 29.8 Å². The molecule has 0 aromatic heterocycles. The summed E-state index contributed by atoms with van der Waals surface area (Å²) in [4.78, 5) is 29.9. The van der Waals surface area contributed by atoms with Gasteiger partial charge in [-0.3, -0.25) is 13.9 Å². The molecule has 7 nitrogen and oxygen atoms in total. The van der Waals surface area contributed by atoms with Gasteiger partial charge in [0.2, 0.25) is 11.8 Å². The summed E-state index contributed by atoms with van der Waals surface area (Å²) >= 11 is 0. The molecule has 0 radical (unpaired) electrons. The molecule has 4 aromatic carbocycles. The Morgan fingerprint density at radius 1 is 0.750 bits per heavy atom. The first-order chi connectivity index (χ1) is 21.1. The molecule has 1 N–H and O–H groups in total. The van der Waals surface area contributed by atoms with Gasteiger partial charge >= 0.3 is 0 Å². The van der Waals surface area contributed by atoms with Crippen LogP contribution in [0.25, 0.3) is 0 Å². The van der Waals surface area contributed by atoms with Crippen LogP contribution in [0.5, 0.6) is 0 Å². The molecule has 0 aliphatic rings. The highest BCUT2D eigenvalue weighted by molar-refractivity contribution is 7.92. The largest absolute Gasteiger partial charge is 0.352 e. The van der Waals surface area contributed by atoms with E-state index in [1.807, 2.05) is 100 Å². The van der Waals surface area contributed by atoms with Gasteiger partial charge < -0.3 is 10.2 Å². The summed E-state index contributed by atoms with van der Waals surface area (Å²) in [7, 11) is -4.13. The summed E-state index contributed by atoms with van der Waals surface area (Å²) in [6.45, 7) is 7.37. The molecule has 0 fully saturated rings. The molecule has 0 saturated heterocycles. The number of benzene rings is 4. The highest BCUT2D eigenvalue weighted by atomic mass is 32.2. The number of anilines is 1. The number of amides is 2. The van der Waals surface area contributed by atoms with Crippen molar-refractivity contribution in [2.24, 2.45) is 0 Å². The van der Waals surface area contributed by atoms with Gasteiger partial charge in [-0.15, -0.1) is 0 Å². The standard InChI is InChI=1S/C36H41N3O4S/c1-5-29(4)37-36(41)34(24-30-12-8-6-9-13-30)38(25-31-14-10-7-11-15-31)35(40)26-39(32-20-16-27(2)17-21-32)44(42,43)33-22-18-28(3)19-23-33/h6-23,29,34H,5,24-26H2,1-4H3,(H,37,41)/t29-,34+/m1/s1. The van der Waals surface area contributed by atoms with Gasteiger partial charge in [-0.25, -0.2) is 8.42 Å². The molecule has 4 rings (SSSR count). The van der Waals surface area contributed by atoms with Crippen LogP contribution < -0.4 is 9.62 Å². The average Bonchev–Trinajstić information content (AvgIpc) is 3.03. The molecule has 0 heterocycles. The van der Waals surface area contributed by atoms with Crippen molar-refractivity contribution in [3.8, 4) is 0 Å². The zero-order valence-electron chi connectivity index (χ0n) is 25.8. The average molecular weight is 612 g/mol. The van der Waals surface area contributed by atoms with Crippen molar-refractivity contribution in [1.29, 1.82) is 0 Å². The zero-order chi connectivity index (χ0) is 31.7. The number of carbonyl (C=O) groups excluding carboxylic acids is 2. The molecule has 8 heteroatoms. The van der Waals surface area contributed by atoms with E-state index in [0.29, 0.717) is 5.69 Å². The Labute approximate surface area is 261 Å². The second kappa shape index (κ2) is 14.8. The van der Waals surface area contributed by atoms with Crippen molar-refractivity contribution in [2.75, 3.05) is 10.8 Å². The number of aryl methyl sites for hydroxylation is 2. The Morgan fingerprint density at radius 2 is 1.27 bits per heavy atom. The Balaban J connectivity index is 1.79. The Kier molecular flexibility index (Phi) is 11.0. The molecule has 0 saturated carbocycles. The fourth-order valence-corrected chi connectivity index (χ4v) is 6.27. The molecule has 230 valence electrons. The van der Waals surface area contributed by atoms with Crippen molar-refractivity contribution < 1.29 is 18.0 Å². The predicted octanol–water partition coefficient (Wildman–Crippen LogP) is 6.05. The lowest BCUT2D eigenvalue weighted by atomic mass is 10.0. The molecular formula is C36H41N3O4S. The third-order valence-electron chi connectivity index (χ3n) is 7.68. The van der Waals surface area contributed by atoms with E-state index < -0.39 is 28.5 Å². The summed E-state index contributed by atoms with van der Waals surface area (Å²) in [6.07, 6.45) is 1.00. The van der Waals surface area contributed by atoms with Gasteiger partial charge in [-0.2, -0.15) is 0 Å². The van der Waals surface area contributed by atoms with Crippen molar-refractivity contribution in [2.45, 2.75) is 64.1 Å². The van der Waals surface area contributed by atoms with Gasteiger partial charge in [0.15, 0.2) is 0 Å².